The number of hydrogen-bond acceptors (Lipinski definition) is 2. The number of rotatable bonds is 4. The summed E-state index contributed by atoms with van der Waals surface area (Å²) in [6.45, 7) is 4.52. The summed E-state index contributed by atoms with van der Waals surface area (Å²) in [5.74, 6) is 1.03. The van der Waals surface area contributed by atoms with E-state index in [1.165, 1.54) is 6.26 Å². The van der Waals surface area contributed by atoms with Gasteiger partial charge in [0, 0.05) is 11.9 Å². The van der Waals surface area contributed by atoms with Crippen LogP contribution in [-0.4, -0.2) is 17.8 Å². The van der Waals surface area contributed by atoms with Crippen LogP contribution in [0.4, 0.5) is 0 Å². The number of hydrogen-bond donors (Lipinski definition) is 1. The molecule has 1 rings (SSSR count). The van der Waals surface area contributed by atoms with E-state index in [1.54, 1.807) is 13.0 Å². The first kappa shape index (κ1) is 11.3. The van der Waals surface area contributed by atoms with Gasteiger partial charge in [-0.15, -0.1) is 0 Å². The van der Waals surface area contributed by atoms with Gasteiger partial charge in [0.1, 0.15) is 5.76 Å². The van der Waals surface area contributed by atoms with Gasteiger partial charge in [0.15, 0.2) is 0 Å². The fourth-order valence-corrected chi connectivity index (χ4v) is 1.27. The van der Waals surface area contributed by atoms with E-state index in [-0.39, 0.29) is 5.91 Å². The summed E-state index contributed by atoms with van der Waals surface area (Å²) >= 11 is 3.36. The SMILES string of the molecule is Cc1occc1C(=O)NCC(C)CBr. The monoisotopic (exact) mass is 259 g/mol. The molecule has 1 heterocycles. The highest BCUT2D eigenvalue weighted by atomic mass is 79.9. The molecule has 78 valence electrons. The molecule has 0 fully saturated rings. The number of furan rings is 1. The summed E-state index contributed by atoms with van der Waals surface area (Å²) in [6.07, 6.45) is 1.53. The van der Waals surface area contributed by atoms with E-state index in [9.17, 15) is 4.79 Å². The molecule has 1 unspecified atom stereocenters. The van der Waals surface area contributed by atoms with Crippen LogP contribution in [0, 0.1) is 12.8 Å². The number of carbonyl (C=O) groups is 1. The second kappa shape index (κ2) is 5.20. The molecule has 1 aromatic heterocycles. The molecule has 0 saturated heterocycles. The molecule has 0 spiro atoms. The highest BCUT2D eigenvalue weighted by molar-refractivity contribution is 9.09. The Kier molecular flexibility index (Phi) is 4.20. The summed E-state index contributed by atoms with van der Waals surface area (Å²) < 4.78 is 5.05. The van der Waals surface area contributed by atoms with Gasteiger partial charge in [0.05, 0.1) is 11.8 Å². The maximum absolute atomic E-state index is 11.6. The number of aryl methyl sites for hydroxylation is 1. The van der Waals surface area contributed by atoms with Crippen molar-refractivity contribution in [2.45, 2.75) is 13.8 Å². The van der Waals surface area contributed by atoms with Crippen LogP contribution in [0.15, 0.2) is 16.7 Å². The van der Waals surface area contributed by atoms with E-state index in [0.29, 0.717) is 23.8 Å². The predicted molar refractivity (Wildman–Crippen MR) is 58.7 cm³/mol. The summed E-state index contributed by atoms with van der Waals surface area (Å²) in [5.41, 5.74) is 0.617. The molecule has 1 atom stereocenters. The Morgan fingerprint density at radius 2 is 2.43 bits per heavy atom. The molecule has 0 saturated carbocycles. The van der Waals surface area contributed by atoms with Crippen molar-refractivity contribution in [2.75, 3.05) is 11.9 Å². The number of halogens is 1. The van der Waals surface area contributed by atoms with E-state index in [4.69, 9.17) is 4.42 Å². The Bertz CT molecular complexity index is 309. The maximum Gasteiger partial charge on any atom is 0.254 e. The van der Waals surface area contributed by atoms with Crippen molar-refractivity contribution in [1.29, 1.82) is 0 Å². The maximum atomic E-state index is 11.6. The van der Waals surface area contributed by atoms with Crippen LogP contribution in [0.5, 0.6) is 0 Å². The average molecular weight is 260 g/mol. The lowest BCUT2D eigenvalue weighted by atomic mass is 10.2. The van der Waals surface area contributed by atoms with Gasteiger partial charge in [-0.05, 0) is 18.9 Å². The van der Waals surface area contributed by atoms with Crippen molar-refractivity contribution >= 4 is 21.8 Å². The standard InChI is InChI=1S/C10H14BrNO2/c1-7(5-11)6-12-10(13)9-3-4-14-8(9)2/h3-4,7H,5-6H2,1-2H3,(H,12,13). The van der Waals surface area contributed by atoms with Crippen LogP contribution in [0.25, 0.3) is 0 Å². The molecule has 1 N–H and O–H groups in total. The van der Waals surface area contributed by atoms with Gasteiger partial charge < -0.3 is 9.73 Å². The second-order valence-electron chi connectivity index (χ2n) is 3.36. The fraction of sp³-hybridized carbons (Fsp3) is 0.500. The minimum absolute atomic E-state index is 0.0657. The van der Waals surface area contributed by atoms with Crippen LogP contribution in [0.1, 0.15) is 23.0 Å². The minimum atomic E-state index is -0.0657. The first-order chi connectivity index (χ1) is 6.65. The molecule has 1 amide bonds. The fourth-order valence-electron chi connectivity index (χ4n) is 1.04. The van der Waals surface area contributed by atoms with Gasteiger partial charge in [-0.1, -0.05) is 22.9 Å². The zero-order valence-corrected chi connectivity index (χ0v) is 9.93. The lowest BCUT2D eigenvalue weighted by Crippen LogP contribution is -2.28. The second-order valence-corrected chi connectivity index (χ2v) is 4.01. The quantitative estimate of drug-likeness (QED) is 0.844. The van der Waals surface area contributed by atoms with Crippen molar-refractivity contribution in [3.8, 4) is 0 Å². The van der Waals surface area contributed by atoms with Crippen LogP contribution >= 0.6 is 15.9 Å². The lowest BCUT2D eigenvalue weighted by molar-refractivity contribution is 0.0948. The molecular weight excluding hydrogens is 246 g/mol. The van der Waals surface area contributed by atoms with Crippen LogP contribution in [0.2, 0.25) is 0 Å². The van der Waals surface area contributed by atoms with E-state index >= 15 is 0 Å². The first-order valence-corrected chi connectivity index (χ1v) is 5.65. The van der Waals surface area contributed by atoms with E-state index in [2.05, 4.69) is 28.2 Å². The number of carbonyl (C=O) groups excluding carboxylic acids is 1. The molecule has 0 aliphatic carbocycles. The summed E-state index contributed by atoms with van der Waals surface area (Å²) in [5, 5.41) is 3.73. The van der Waals surface area contributed by atoms with E-state index in [0.717, 1.165) is 5.33 Å². The molecular formula is C10H14BrNO2. The molecule has 0 aromatic carbocycles. The third-order valence-electron chi connectivity index (χ3n) is 1.98. The Labute approximate surface area is 92.0 Å². The molecule has 1 aromatic rings. The largest absolute Gasteiger partial charge is 0.469 e. The molecule has 0 radical (unpaired) electrons. The number of nitrogens with one attached hydrogen (secondary N) is 1. The average Bonchev–Trinajstić information content (AvgIpc) is 2.60. The third kappa shape index (κ3) is 2.87. The Morgan fingerprint density at radius 3 is 2.93 bits per heavy atom. The number of amides is 1. The molecule has 0 aliphatic heterocycles. The zero-order chi connectivity index (χ0) is 10.6. The van der Waals surface area contributed by atoms with E-state index < -0.39 is 0 Å². The summed E-state index contributed by atoms with van der Waals surface area (Å²) in [6, 6.07) is 1.68. The molecule has 0 aliphatic rings. The highest BCUT2D eigenvalue weighted by Gasteiger charge is 2.11. The van der Waals surface area contributed by atoms with Crippen molar-refractivity contribution in [2.24, 2.45) is 5.92 Å². The Morgan fingerprint density at radius 1 is 1.71 bits per heavy atom. The van der Waals surface area contributed by atoms with Crippen molar-refractivity contribution in [3.63, 3.8) is 0 Å². The molecule has 3 nitrogen and oxygen atoms in total. The smallest absolute Gasteiger partial charge is 0.254 e. The lowest BCUT2D eigenvalue weighted by Gasteiger charge is -2.08. The molecule has 0 bridgehead atoms. The van der Waals surface area contributed by atoms with Gasteiger partial charge in [0.2, 0.25) is 0 Å². The van der Waals surface area contributed by atoms with Crippen LogP contribution < -0.4 is 5.32 Å². The van der Waals surface area contributed by atoms with Crippen LogP contribution in [-0.2, 0) is 0 Å². The minimum Gasteiger partial charge on any atom is -0.469 e. The van der Waals surface area contributed by atoms with Crippen LogP contribution in [0.3, 0.4) is 0 Å². The molecule has 14 heavy (non-hydrogen) atoms. The molecule has 4 heteroatoms. The van der Waals surface area contributed by atoms with Gasteiger partial charge in [0.25, 0.3) is 5.91 Å². The Balaban J connectivity index is 2.47. The van der Waals surface area contributed by atoms with Gasteiger partial charge >= 0.3 is 0 Å². The number of alkyl halides is 1. The topological polar surface area (TPSA) is 42.2 Å². The Hall–Kier alpha value is -0.770. The highest BCUT2D eigenvalue weighted by Crippen LogP contribution is 2.08. The summed E-state index contributed by atoms with van der Waals surface area (Å²) in [4.78, 5) is 11.6. The van der Waals surface area contributed by atoms with Crippen molar-refractivity contribution < 1.29 is 9.21 Å². The van der Waals surface area contributed by atoms with Gasteiger partial charge in [-0.25, -0.2) is 0 Å². The summed E-state index contributed by atoms with van der Waals surface area (Å²) in [7, 11) is 0. The van der Waals surface area contributed by atoms with E-state index in [1.807, 2.05) is 0 Å². The third-order valence-corrected chi connectivity index (χ3v) is 3.08. The zero-order valence-electron chi connectivity index (χ0n) is 8.34. The van der Waals surface area contributed by atoms with Gasteiger partial charge in [-0.3, -0.25) is 4.79 Å². The normalized spacial score (nSPS) is 12.5. The first-order valence-electron chi connectivity index (χ1n) is 4.53. The van der Waals surface area contributed by atoms with Gasteiger partial charge in [-0.2, -0.15) is 0 Å². The van der Waals surface area contributed by atoms with Crippen molar-refractivity contribution in [1.82, 2.24) is 5.32 Å². The predicted octanol–water partition coefficient (Wildman–Crippen LogP) is 2.35. The van der Waals surface area contributed by atoms with Crippen molar-refractivity contribution in [3.05, 3.63) is 23.7 Å².